The molecule has 0 aliphatic rings. The van der Waals surface area contributed by atoms with Gasteiger partial charge in [0.25, 0.3) is 0 Å². The van der Waals surface area contributed by atoms with Crippen LogP contribution in [0.2, 0.25) is 0 Å². The first kappa shape index (κ1) is 13.5. The standard InChI is InChI=1S/C15H12N4OS/c1-3-8-20-10-4-5-11(12(9-10)21-2)13-18-14-15(19-13)17-7-6-16-14/h1,4-7,9H,8H2,2H3,(H,16,17,18,19). The van der Waals surface area contributed by atoms with Crippen molar-refractivity contribution in [2.45, 2.75) is 4.90 Å². The van der Waals surface area contributed by atoms with Crippen molar-refractivity contribution in [3.8, 4) is 29.5 Å². The highest BCUT2D eigenvalue weighted by Crippen LogP contribution is 2.32. The molecule has 6 heteroatoms. The summed E-state index contributed by atoms with van der Waals surface area (Å²) in [5.74, 6) is 3.94. The van der Waals surface area contributed by atoms with Gasteiger partial charge in [0.2, 0.25) is 0 Å². The molecule has 2 aromatic heterocycles. The van der Waals surface area contributed by atoms with Gasteiger partial charge in [-0.1, -0.05) is 5.92 Å². The Balaban J connectivity index is 2.03. The molecular formula is C15H12N4OS. The Hall–Kier alpha value is -2.52. The summed E-state index contributed by atoms with van der Waals surface area (Å²) in [7, 11) is 0. The molecule has 1 aromatic carbocycles. The van der Waals surface area contributed by atoms with E-state index in [2.05, 4.69) is 25.9 Å². The number of benzene rings is 1. The third-order valence-electron chi connectivity index (χ3n) is 2.88. The Kier molecular flexibility index (Phi) is 3.75. The van der Waals surface area contributed by atoms with Crippen LogP contribution in [0.5, 0.6) is 5.75 Å². The highest BCUT2D eigenvalue weighted by Gasteiger charge is 2.11. The molecular weight excluding hydrogens is 284 g/mol. The summed E-state index contributed by atoms with van der Waals surface area (Å²) in [4.78, 5) is 17.1. The fourth-order valence-corrected chi connectivity index (χ4v) is 2.57. The Morgan fingerprint density at radius 1 is 1.33 bits per heavy atom. The lowest BCUT2D eigenvalue weighted by molar-refractivity contribution is 0.369. The fourth-order valence-electron chi connectivity index (χ4n) is 1.96. The molecule has 0 saturated carbocycles. The molecule has 104 valence electrons. The van der Waals surface area contributed by atoms with Crippen LogP contribution in [-0.4, -0.2) is 32.8 Å². The molecule has 0 aliphatic heterocycles. The number of hydrogen-bond acceptors (Lipinski definition) is 5. The van der Waals surface area contributed by atoms with Gasteiger partial charge in [0.15, 0.2) is 11.3 Å². The maximum Gasteiger partial charge on any atom is 0.197 e. The van der Waals surface area contributed by atoms with Gasteiger partial charge in [-0.05, 0) is 24.5 Å². The maximum atomic E-state index is 5.44. The lowest BCUT2D eigenvalue weighted by Crippen LogP contribution is -1.94. The van der Waals surface area contributed by atoms with Crippen LogP contribution in [0.3, 0.4) is 0 Å². The first-order valence-corrected chi connectivity index (χ1v) is 7.45. The van der Waals surface area contributed by atoms with Crippen molar-refractivity contribution in [3.63, 3.8) is 0 Å². The molecule has 3 rings (SSSR count). The van der Waals surface area contributed by atoms with E-state index < -0.39 is 0 Å². The molecule has 0 atom stereocenters. The molecule has 0 spiro atoms. The van der Waals surface area contributed by atoms with E-state index in [9.17, 15) is 0 Å². The van der Waals surface area contributed by atoms with Crippen LogP contribution >= 0.6 is 11.8 Å². The average Bonchev–Trinajstić information content (AvgIpc) is 2.96. The number of aromatic nitrogens is 4. The molecule has 5 nitrogen and oxygen atoms in total. The van der Waals surface area contributed by atoms with Crippen molar-refractivity contribution in [1.82, 2.24) is 19.9 Å². The van der Waals surface area contributed by atoms with Crippen LogP contribution < -0.4 is 4.74 Å². The van der Waals surface area contributed by atoms with Crippen molar-refractivity contribution in [2.24, 2.45) is 0 Å². The first-order valence-electron chi connectivity index (χ1n) is 6.23. The third-order valence-corrected chi connectivity index (χ3v) is 3.66. The van der Waals surface area contributed by atoms with Crippen molar-refractivity contribution in [3.05, 3.63) is 30.6 Å². The van der Waals surface area contributed by atoms with E-state index in [1.165, 1.54) is 0 Å². The van der Waals surface area contributed by atoms with E-state index in [0.717, 1.165) is 22.0 Å². The van der Waals surface area contributed by atoms with Gasteiger partial charge in [-0.15, -0.1) is 18.2 Å². The van der Waals surface area contributed by atoms with Crippen LogP contribution in [0.1, 0.15) is 0 Å². The lowest BCUT2D eigenvalue weighted by Gasteiger charge is -2.08. The summed E-state index contributed by atoms with van der Waals surface area (Å²) < 4.78 is 5.44. The Labute approximate surface area is 126 Å². The number of aromatic amines is 1. The van der Waals surface area contributed by atoms with Crippen molar-refractivity contribution in [2.75, 3.05) is 12.9 Å². The second-order valence-electron chi connectivity index (χ2n) is 4.17. The Bertz CT molecular complexity index is 789. The summed E-state index contributed by atoms with van der Waals surface area (Å²) in [6.07, 6.45) is 10.5. The smallest absolute Gasteiger partial charge is 0.197 e. The van der Waals surface area contributed by atoms with Crippen LogP contribution in [-0.2, 0) is 0 Å². The molecule has 0 saturated heterocycles. The first-order chi connectivity index (χ1) is 10.3. The second kappa shape index (κ2) is 5.85. The molecule has 2 heterocycles. The van der Waals surface area contributed by atoms with E-state index >= 15 is 0 Å². The number of H-pyrrole nitrogens is 1. The van der Waals surface area contributed by atoms with Crippen molar-refractivity contribution >= 4 is 23.1 Å². The number of fused-ring (bicyclic) bond motifs is 1. The summed E-state index contributed by atoms with van der Waals surface area (Å²) in [6.45, 7) is 0.256. The minimum Gasteiger partial charge on any atom is -0.481 e. The highest BCUT2D eigenvalue weighted by molar-refractivity contribution is 7.98. The molecule has 3 aromatic rings. The largest absolute Gasteiger partial charge is 0.481 e. The van der Waals surface area contributed by atoms with Crippen LogP contribution in [0, 0.1) is 12.3 Å². The minimum absolute atomic E-state index is 0.256. The van der Waals surface area contributed by atoms with Crippen LogP contribution in [0.25, 0.3) is 22.7 Å². The van der Waals surface area contributed by atoms with Crippen LogP contribution in [0.15, 0.2) is 35.5 Å². The normalized spacial score (nSPS) is 10.5. The second-order valence-corrected chi connectivity index (χ2v) is 5.02. The minimum atomic E-state index is 0.256. The molecule has 0 unspecified atom stereocenters. The summed E-state index contributed by atoms with van der Waals surface area (Å²) in [5.41, 5.74) is 2.26. The van der Waals surface area contributed by atoms with Crippen molar-refractivity contribution in [1.29, 1.82) is 0 Å². The lowest BCUT2D eigenvalue weighted by atomic mass is 10.2. The van der Waals surface area contributed by atoms with E-state index in [0.29, 0.717) is 11.3 Å². The van der Waals surface area contributed by atoms with Gasteiger partial charge in [0.1, 0.15) is 18.2 Å². The molecule has 0 radical (unpaired) electrons. The number of nitrogens with zero attached hydrogens (tertiary/aromatic N) is 3. The van der Waals surface area contributed by atoms with Gasteiger partial charge < -0.3 is 9.72 Å². The number of terminal acetylenes is 1. The van der Waals surface area contributed by atoms with Gasteiger partial charge in [-0.3, -0.25) is 0 Å². The summed E-state index contributed by atoms with van der Waals surface area (Å²) >= 11 is 1.62. The quantitative estimate of drug-likeness (QED) is 0.592. The highest BCUT2D eigenvalue weighted by atomic mass is 32.2. The van der Waals surface area contributed by atoms with E-state index in [4.69, 9.17) is 11.2 Å². The summed E-state index contributed by atoms with van der Waals surface area (Å²) in [5, 5.41) is 0. The molecule has 0 amide bonds. The zero-order valence-electron chi connectivity index (χ0n) is 11.3. The zero-order valence-corrected chi connectivity index (χ0v) is 12.1. The Morgan fingerprint density at radius 3 is 2.95 bits per heavy atom. The topological polar surface area (TPSA) is 63.7 Å². The number of rotatable bonds is 4. The molecule has 21 heavy (non-hydrogen) atoms. The van der Waals surface area contributed by atoms with Gasteiger partial charge in [-0.2, -0.15) is 0 Å². The van der Waals surface area contributed by atoms with Gasteiger partial charge in [-0.25, -0.2) is 15.0 Å². The SMILES string of the molecule is C#CCOc1ccc(-c2nc3nccnc3[nH]2)c(SC)c1. The van der Waals surface area contributed by atoms with Crippen LogP contribution in [0.4, 0.5) is 0 Å². The van der Waals surface area contributed by atoms with Gasteiger partial charge in [0.05, 0.1) is 0 Å². The van der Waals surface area contributed by atoms with E-state index in [1.54, 1.807) is 24.2 Å². The number of hydrogen-bond donors (Lipinski definition) is 1. The third kappa shape index (κ3) is 2.69. The van der Waals surface area contributed by atoms with E-state index in [1.807, 2.05) is 24.5 Å². The van der Waals surface area contributed by atoms with Crippen molar-refractivity contribution < 1.29 is 4.74 Å². The molecule has 0 bridgehead atoms. The van der Waals surface area contributed by atoms with Gasteiger partial charge >= 0.3 is 0 Å². The number of thioether (sulfide) groups is 1. The number of ether oxygens (including phenoxy) is 1. The number of nitrogens with one attached hydrogen (secondary N) is 1. The summed E-state index contributed by atoms with van der Waals surface area (Å²) in [6, 6.07) is 5.78. The molecule has 1 N–H and O–H groups in total. The number of imidazole rings is 1. The fraction of sp³-hybridized carbons (Fsp3) is 0.133. The maximum absolute atomic E-state index is 5.44. The zero-order chi connectivity index (χ0) is 14.7. The predicted octanol–water partition coefficient (Wildman–Crippen LogP) is 2.75. The monoisotopic (exact) mass is 296 g/mol. The molecule has 0 aliphatic carbocycles. The van der Waals surface area contributed by atoms with E-state index in [-0.39, 0.29) is 6.61 Å². The predicted molar refractivity (Wildman–Crippen MR) is 83.2 cm³/mol. The average molecular weight is 296 g/mol. The van der Waals surface area contributed by atoms with Gasteiger partial charge in [0, 0.05) is 22.9 Å². The molecule has 0 fully saturated rings. The Morgan fingerprint density at radius 2 is 2.19 bits per heavy atom.